The van der Waals surface area contributed by atoms with Gasteiger partial charge in [-0.25, -0.2) is 8.42 Å². The summed E-state index contributed by atoms with van der Waals surface area (Å²) in [6.07, 6.45) is 1.06. The molecule has 0 spiro atoms. The van der Waals surface area contributed by atoms with E-state index in [4.69, 9.17) is 10.5 Å². The largest absolute Gasteiger partial charge is 0.492 e. The number of hydrogen-bond acceptors (Lipinski definition) is 5. The van der Waals surface area contributed by atoms with E-state index >= 15 is 0 Å². The van der Waals surface area contributed by atoms with Gasteiger partial charge in [0.15, 0.2) is 5.75 Å². The molecule has 0 heterocycles. The molecule has 0 aliphatic carbocycles. The summed E-state index contributed by atoms with van der Waals surface area (Å²) in [6, 6.07) is 8.53. The van der Waals surface area contributed by atoms with E-state index in [1.165, 1.54) is 7.11 Å². The minimum Gasteiger partial charge on any atom is -0.492 e. The van der Waals surface area contributed by atoms with Crippen LogP contribution in [0.2, 0.25) is 0 Å². The average molecular weight is 406 g/mol. The fourth-order valence-electron chi connectivity index (χ4n) is 2.63. The summed E-state index contributed by atoms with van der Waals surface area (Å²) in [7, 11) is -2.12. The number of nitrogens with two attached hydrogens (primary N) is 1. The molecule has 0 aliphatic heterocycles. The van der Waals surface area contributed by atoms with Crippen LogP contribution in [0.25, 0.3) is 0 Å². The van der Waals surface area contributed by atoms with Crippen molar-refractivity contribution in [2.45, 2.75) is 33.1 Å². The van der Waals surface area contributed by atoms with E-state index in [0.717, 1.165) is 17.4 Å². The second-order valence-corrected chi connectivity index (χ2v) is 9.50. The van der Waals surface area contributed by atoms with Crippen LogP contribution in [0.4, 0.5) is 17.1 Å². The van der Waals surface area contributed by atoms with Crippen molar-refractivity contribution in [1.82, 2.24) is 0 Å². The van der Waals surface area contributed by atoms with Crippen molar-refractivity contribution < 1.29 is 17.9 Å². The predicted molar refractivity (Wildman–Crippen MR) is 114 cm³/mol. The zero-order valence-electron chi connectivity index (χ0n) is 17.0. The zero-order chi connectivity index (χ0) is 21.3. The zero-order valence-corrected chi connectivity index (χ0v) is 17.8. The van der Waals surface area contributed by atoms with Crippen molar-refractivity contribution in [3.8, 4) is 5.75 Å². The maximum atomic E-state index is 12.7. The van der Waals surface area contributed by atoms with Gasteiger partial charge in [-0.15, -0.1) is 0 Å². The third-order valence-electron chi connectivity index (χ3n) is 4.24. The Morgan fingerprint density at radius 1 is 1.11 bits per heavy atom. The number of carbonyl (C=O) groups excluding carboxylic acids is 1. The number of ether oxygens (including phenoxy) is 1. The van der Waals surface area contributed by atoms with Gasteiger partial charge in [0.25, 0.3) is 5.91 Å². The first-order valence-electron chi connectivity index (χ1n) is 8.69. The van der Waals surface area contributed by atoms with Crippen LogP contribution >= 0.6 is 0 Å². The fraction of sp³-hybridized carbons (Fsp3) is 0.350. The molecule has 2 rings (SSSR count). The topological polar surface area (TPSA) is 111 Å². The quantitative estimate of drug-likeness (QED) is 0.659. The fourth-order valence-corrected chi connectivity index (χ4v) is 3.18. The summed E-state index contributed by atoms with van der Waals surface area (Å²) in [5.41, 5.74) is 8.86. The first-order chi connectivity index (χ1) is 12.8. The average Bonchev–Trinajstić information content (AvgIpc) is 2.54. The summed E-state index contributed by atoms with van der Waals surface area (Å²) < 4.78 is 31.4. The molecule has 0 aromatic heterocycles. The number of carbonyl (C=O) groups is 1. The van der Waals surface area contributed by atoms with Gasteiger partial charge >= 0.3 is 0 Å². The lowest BCUT2D eigenvalue weighted by Crippen LogP contribution is -2.18. The minimum absolute atomic E-state index is 0.229. The molecule has 0 saturated heterocycles. The van der Waals surface area contributed by atoms with Gasteiger partial charge in [-0.1, -0.05) is 26.8 Å². The highest BCUT2D eigenvalue weighted by Crippen LogP contribution is 2.39. The molecule has 4 N–H and O–H groups in total. The molecule has 0 aliphatic rings. The van der Waals surface area contributed by atoms with Crippen LogP contribution in [0.5, 0.6) is 5.75 Å². The smallest absolute Gasteiger partial charge is 0.255 e. The molecule has 2 aromatic carbocycles. The van der Waals surface area contributed by atoms with Gasteiger partial charge in [0, 0.05) is 11.3 Å². The molecule has 28 heavy (non-hydrogen) atoms. The molecule has 0 bridgehead atoms. The van der Waals surface area contributed by atoms with Crippen molar-refractivity contribution in [3.63, 3.8) is 0 Å². The lowest BCUT2D eigenvalue weighted by atomic mass is 9.86. The van der Waals surface area contributed by atoms with Crippen LogP contribution in [-0.2, 0) is 15.4 Å². The number of benzene rings is 2. The maximum absolute atomic E-state index is 12.7. The Labute approximate surface area is 166 Å². The molecule has 152 valence electrons. The molecule has 2 aromatic rings. The number of methoxy groups -OCH3 is 1. The molecule has 0 fully saturated rings. The Morgan fingerprint density at radius 3 is 2.21 bits per heavy atom. The maximum Gasteiger partial charge on any atom is 0.255 e. The summed E-state index contributed by atoms with van der Waals surface area (Å²) >= 11 is 0. The standard InChI is InChI=1S/C20H27N3O4S/c1-12-7-8-13(9-15(12)21)19(24)22-16-10-14(20(2,3)4)11-17(18(16)27-5)23-28(6,25)26/h7-11,23H,21H2,1-6H3,(H,22,24). The SMILES string of the molecule is COc1c(NC(=O)c2ccc(C)c(N)c2)cc(C(C)(C)C)cc1NS(C)(=O)=O. The molecule has 1 amide bonds. The number of aryl methyl sites for hydroxylation is 1. The normalized spacial score (nSPS) is 11.8. The van der Waals surface area contributed by atoms with E-state index in [0.29, 0.717) is 16.9 Å². The Balaban J connectivity index is 2.55. The van der Waals surface area contributed by atoms with Crippen molar-refractivity contribution in [2.24, 2.45) is 0 Å². The van der Waals surface area contributed by atoms with Crippen molar-refractivity contribution in [1.29, 1.82) is 0 Å². The van der Waals surface area contributed by atoms with Gasteiger partial charge in [0.2, 0.25) is 10.0 Å². The van der Waals surface area contributed by atoms with E-state index in [9.17, 15) is 13.2 Å². The number of nitrogen functional groups attached to an aromatic ring is 1. The summed E-state index contributed by atoms with van der Waals surface area (Å²) in [4.78, 5) is 12.7. The summed E-state index contributed by atoms with van der Waals surface area (Å²) in [5, 5.41) is 2.81. The molecular formula is C20H27N3O4S. The van der Waals surface area contributed by atoms with Gasteiger partial charge in [-0.2, -0.15) is 0 Å². The van der Waals surface area contributed by atoms with Crippen LogP contribution in [0.15, 0.2) is 30.3 Å². The first kappa shape index (κ1) is 21.6. The molecule has 8 heteroatoms. The Bertz CT molecular complexity index is 1010. The molecule has 0 radical (unpaired) electrons. The number of anilines is 3. The highest BCUT2D eigenvalue weighted by atomic mass is 32.2. The van der Waals surface area contributed by atoms with Crippen LogP contribution in [0, 0.1) is 6.92 Å². The van der Waals surface area contributed by atoms with Crippen LogP contribution in [0.3, 0.4) is 0 Å². The van der Waals surface area contributed by atoms with Gasteiger partial charge in [-0.05, 0) is 47.7 Å². The number of rotatable bonds is 5. The van der Waals surface area contributed by atoms with Gasteiger partial charge in [0.05, 0.1) is 24.7 Å². The summed E-state index contributed by atoms with van der Waals surface area (Å²) in [5.74, 6) is -0.145. The lowest BCUT2D eigenvalue weighted by Gasteiger charge is -2.24. The second-order valence-electron chi connectivity index (χ2n) is 7.75. The monoisotopic (exact) mass is 405 g/mol. The van der Waals surface area contributed by atoms with Crippen LogP contribution in [-0.4, -0.2) is 27.7 Å². The van der Waals surface area contributed by atoms with Gasteiger partial charge < -0.3 is 15.8 Å². The molecule has 0 saturated carbocycles. The Morgan fingerprint density at radius 2 is 1.71 bits per heavy atom. The predicted octanol–water partition coefficient (Wildman–Crippen LogP) is 3.51. The number of nitrogens with one attached hydrogen (secondary N) is 2. The molecule has 7 nitrogen and oxygen atoms in total. The molecular weight excluding hydrogens is 378 g/mol. The third kappa shape index (κ3) is 5.16. The van der Waals surface area contributed by atoms with E-state index in [1.807, 2.05) is 27.7 Å². The highest BCUT2D eigenvalue weighted by Gasteiger charge is 2.22. The summed E-state index contributed by atoms with van der Waals surface area (Å²) in [6.45, 7) is 7.83. The van der Waals surface area contributed by atoms with Gasteiger partial charge in [-0.3, -0.25) is 9.52 Å². The van der Waals surface area contributed by atoms with Crippen molar-refractivity contribution in [3.05, 3.63) is 47.0 Å². The first-order valence-corrected chi connectivity index (χ1v) is 10.6. The second kappa shape index (κ2) is 7.71. The Hall–Kier alpha value is -2.74. The minimum atomic E-state index is -3.54. The van der Waals surface area contributed by atoms with E-state index < -0.39 is 10.0 Å². The van der Waals surface area contributed by atoms with Crippen molar-refractivity contribution in [2.75, 3.05) is 29.1 Å². The highest BCUT2D eigenvalue weighted by molar-refractivity contribution is 7.92. The third-order valence-corrected chi connectivity index (χ3v) is 4.83. The van der Waals surface area contributed by atoms with Crippen LogP contribution in [0.1, 0.15) is 42.3 Å². The van der Waals surface area contributed by atoms with Gasteiger partial charge in [0.1, 0.15) is 0 Å². The number of hydrogen-bond donors (Lipinski definition) is 3. The number of sulfonamides is 1. The van der Waals surface area contributed by atoms with Crippen LogP contribution < -0.4 is 20.5 Å². The van der Waals surface area contributed by atoms with E-state index in [-0.39, 0.29) is 22.8 Å². The van der Waals surface area contributed by atoms with Crippen molar-refractivity contribution >= 4 is 33.0 Å². The number of amides is 1. The molecule has 0 atom stereocenters. The molecule has 0 unspecified atom stereocenters. The Kier molecular flexibility index (Phi) is 5.94. The van der Waals surface area contributed by atoms with E-state index in [2.05, 4.69) is 10.0 Å². The lowest BCUT2D eigenvalue weighted by molar-refractivity contribution is 0.102. The van der Waals surface area contributed by atoms with E-state index in [1.54, 1.807) is 30.3 Å².